The number of hydrogen-bond donors (Lipinski definition) is 2. The standard InChI is InChI=1S/C14H16BrN3O3/c1-7-13(8(2)18-17-7)16-14(19)9-5-10(20-3)12(15)11(6-9)21-4/h5-6H,1-4H3,(H,16,19)(H,17,18). The number of H-pyrrole nitrogens is 1. The molecule has 0 aliphatic rings. The molecule has 2 aromatic rings. The molecular formula is C14H16BrN3O3. The van der Waals surface area contributed by atoms with E-state index < -0.39 is 0 Å². The highest BCUT2D eigenvalue weighted by atomic mass is 79.9. The van der Waals surface area contributed by atoms with Crippen molar-refractivity contribution in [3.05, 3.63) is 33.6 Å². The number of ether oxygens (including phenoxy) is 2. The Bertz CT molecular complexity index is 638. The van der Waals surface area contributed by atoms with E-state index in [-0.39, 0.29) is 5.91 Å². The van der Waals surface area contributed by atoms with Crippen molar-refractivity contribution in [2.45, 2.75) is 13.8 Å². The number of hydrogen-bond acceptors (Lipinski definition) is 4. The van der Waals surface area contributed by atoms with Crippen LogP contribution in [0.15, 0.2) is 16.6 Å². The van der Waals surface area contributed by atoms with Gasteiger partial charge in [0.1, 0.15) is 16.0 Å². The number of nitrogens with zero attached hydrogens (tertiary/aromatic N) is 1. The van der Waals surface area contributed by atoms with E-state index in [0.29, 0.717) is 27.2 Å². The van der Waals surface area contributed by atoms with Gasteiger partial charge in [-0.15, -0.1) is 0 Å². The third-order valence-corrected chi connectivity index (χ3v) is 3.86. The summed E-state index contributed by atoms with van der Waals surface area (Å²) >= 11 is 3.37. The van der Waals surface area contributed by atoms with E-state index in [1.165, 1.54) is 14.2 Å². The van der Waals surface area contributed by atoms with Gasteiger partial charge in [-0.1, -0.05) is 0 Å². The third-order valence-electron chi connectivity index (χ3n) is 3.07. The van der Waals surface area contributed by atoms with Gasteiger partial charge in [0.25, 0.3) is 5.91 Å². The Morgan fingerprint density at radius 3 is 2.24 bits per heavy atom. The van der Waals surface area contributed by atoms with E-state index in [9.17, 15) is 4.79 Å². The zero-order valence-electron chi connectivity index (χ0n) is 12.2. The van der Waals surface area contributed by atoms with Gasteiger partial charge in [-0.05, 0) is 41.9 Å². The second-order valence-electron chi connectivity index (χ2n) is 4.46. The maximum Gasteiger partial charge on any atom is 0.256 e. The first-order valence-electron chi connectivity index (χ1n) is 6.22. The number of nitrogens with one attached hydrogen (secondary N) is 2. The minimum atomic E-state index is -0.258. The average Bonchev–Trinajstić information content (AvgIpc) is 2.79. The van der Waals surface area contributed by atoms with E-state index in [1.54, 1.807) is 12.1 Å². The lowest BCUT2D eigenvalue weighted by molar-refractivity contribution is 0.102. The topological polar surface area (TPSA) is 76.2 Å². The molecule has 1 aromatic carbocycles. The fourth-order valence-electron chi connectivity index (χ4n) is 1.92. The summed E-state index contributed by atoms with van der Waals surface area (Å²) in [6.45, 7) is 3.67. The summed E-state index contributed by atoms with van der Waals surface area (Å²) in [7, 11) is 3.07. The monoisotopic (exact) mass is 353 g/mol. The van der Waals surface area contributed by atoms with Crippen LogP contribution in [0.3, 0.4) is 0 Å². The largest absolute Gasteiger partial charge is 0.495 e. The van der Waals surface area contributed by atoms with Gasteiger partial charge in [0.2, 0.25) is 0 Å². The molecule has 0 atom stereocenters. The first kappa shape index (κ1) is 15.4. The molecule has 2 N–H and O–H groups in total. The van der Waals surface area contributed by atoms with E-state index in [4.69, 9.17) is 9.47 Å². The van der Waals surface area contributed by atoms with Crippen LogP contribution in [0.2, 0.25) is 0 Å². The highest BCUT2D eigenvalue weighted by Gasteiger charge is 2.16. The number of halogens is 1. The lowest BCUT2D eigenvalue weighted by atomic mass is 10.1. The molecule has 0 saturated carbocycles. The number of aromatic amines is 1. The molecule has 0 radical (unpaired) electrons. The normalized spacial score (nSPS) is 10.3. The zero-order chi connectivity index (χ0) is 15.6. The molecule has 0 aliphatic heterocycles. The van der Waals surface area contributed by atoms with E-state index in [0.717, 1.165) is 11.4 Å². The first-order chi connectivity index (χ1) is 9.97. The SMILES string of the molecule is COc1cc(C(=O)Nc2c(C)n[nH]c2C)cc(OC)c1Br. The Balaban J connectivity index is 2.35. The number of anilines is 1. The van der Waals surface area contributed by atoms with Gasteiger partial charge in [-0.25, -0.2) is 0 Å². The van der Waals surface area contributed by atoms with Crippen molar-refractivity contribution in [1.29, 1.82) is 0 Å². The van der Waals surface area contributed by atoms with Crippen molar-refractivity contribution >= 4 is 27.5 Å². The van der Waals surface area contributed by atoms with Gasteiger partial charge in [-0.2, -0.15) is 5.10 Å². The smallest absolute Gasteiger partial charge is 0.256 e. The number of aromatic nitrogens is 2. The number of aryl methyl sites for hydroxylation is 2. The maximum atomic E-state index is 12.4. The van der Waals surface area contributed by atoms with Crippen LogP contribution >= 0.6 is 15.9 Å². The van der Waals surface area contributed by atoms with Crippen LogP contribution in [0.25, 0.3) is 0 Å². The van der Waals surface area contributed by atoms with Crippen LogP contribution in [0.1, 0.15) is 21.7 Å². The molecule has 6 nitrogen and oxygen atoms in total. The van der Waals surface area contributed by atoms with Crippen molar-refractivity contribution in [1.82, 2.24) is 10.2 Å². The van der Waals surface area contributed by atoms with Crippen LogP contribution in [0.5, 0.6) is 11.5 Å². The summed E-state index contributed by atoms with van der Waals surface area (Å²) < 4.78 is 11.1. The molecule has 1 aromatic heterocycles. The second-order valence-corrected chi connectivity index (χ2v) is 5.25. The van der Waals surface area contributed by atoms with Crippen molar-refractivity contribution < 1.29 is 14.3 Å². The first-order valence-corrected chi connectivity index (χ1v) is 7.01. The predicted octanol–water partition coefficient (Wildman–Crippen LogP) is 3.06. The van der Waals surface area contributed by atoms with Gasteiger partial charge in [0, 0.05) is 5.56 Å². The fourth-order valence-corrected chi connectivity index (χ4v) is 2.47. The van der Waals surface area contributed by atoms with E-state index >= 15 is 0 Å². The van der Waals surface area contributed by atoms with Crippen molar-refractivity contribution in [2.24, 2.45) is 0 Å². The van der Waals surface area contributed by atoms with Crippen molar-refractivity contribution in [3.8, 4) is 11.5 Å². The van der Waals surface area contributed by atoms with Crippen LogP contribution in [-0.2, 0) is 0 Å². The van der Waals surface area contributed by atoms with Gasteiger partial charge in [0.05, 0.1) is 31.3 Å². The van der Waals surface area contributed by atoms with Crippen molar-refractivity contribution in [2.75, 3.05) is 19.5 Å². The predicted molar refractivity (Wildman–Crippen MR) is 83.3 cm³/mol. The molecule has 0 aliphatic carbocycles. The van der Waals surface area contributed by atoms with Crippen molar-refractivity contribution in [3.63, 3.8) is 0 Å². The second kappa shape index (κ2) is 6.17. The number of carbonyl (C=O) groups is 1. The molecule has 21 heavy (non-hydrogen) atoms. The summed E-state index contributed by atoms with van der Waals surface area (Å²) in [5.41, 5.74) is 2.65. The number of methoxy groups -OCH3 is 2. The Hall–Kier alpha value is -2.02. The Morgan fingerprint density at radius 1 is 1.24 bits per heavy atom. The fraction of sp³-hybridized carbons (Fsp3) is 0.286. The molecule has 7 heteroatoms. The zero-order valence-corrected chi connectivity index (χ0v) is 13.8. The number of benzene rings is 1. The quantitative estimate of drug-likeness (QED) is 0.885. The van der Waals surface area contributed by atoms with Gasteiger partial charge in [-0.3, -0.25) is 9.89 Å². The molecule has 1 heterocycles. The Kier molecular flexibility index (Phi) is 4.52. The number of carbonyl (C=O) groups excluding carboxylic acids is 1. The third kappa shape index (κ3) is 3.02. The Labute approximate surface area is 131 Å². The van der Waals surface area contributed by atoms with Gasteiger partial charge < -0.3 is 14.8 Å². The lowest BCUT2D eigenvalue weighted by Gasteiger charge is -2.12. The molecular weight excluding hydrogens is 338 g/mol. The molecule has 2 rings (SSSR count). The van der Waals surface area contributed by atoms with Gasteiger partial charge >= 0.3 is 0 Å². The van der Waals surface area contributed by atoms with Crippen LogP contribution < -0.4 is 14.8 Å². The summed E-state index contributed by atoms with van der Waals surface area (Å²) in [6, 6.07) is 3.29. The highest BCUT2D eigenvalue weighted by molar-refractivity contribution is 9.10. The van der Waals surface area contributed by atoms with Crippen LogP contribution in [0.4, 0.5) is 5.69 Å². The van der Waals surface area contributed by atoms with E-state index in [1.807, 2.05) is 13.8 Å². The molecule has 0 unspecified atom stereocenters. The summed E-state index contributed by atoms with van der Waals surface area (Å²) in [5, 5.41) is 9.71. The summed E-state index contributed by atoms with van der Waals surface area (Å²) in [5.74, 6) is 0.798. The van der Waals surface area contributed by atoms with Crippen LogP contribution in [0, 0.1) is 13.8 Å². The summed E-state index contributed by atoms with van der Waals surface area (Å²) in [4.78, 5) is 12.4. The average molecular weight is 354 g/mol. The molecule has 0 saturated heterocycles. The molecule has 112 valence electrons. The lowest BCUT2D eigenvalue weighted by Crippen LogP contribution is -2.13. The molecule has 0 spiro atoms. The molecule has 0 fully saturated rings. The molecule has 0 bridgehead atoms. The van der Waals surface area contributed by atoms with Gasteiger partial charge in [0.15, 0.2) is 0 Å². The molecule has 1 amide bonds. The number of amides is 1. The summed E-state index contributed by atoms with van der Waals surface area (Å²) in [6.07, 6.45) is 0. The minimum Gasteiger partial charge on any atom is -0.495 e. The maximum absolute atomic E-state index is 12.4. The Morgan fingerprint density at radius 2 is 1.81 bits per heavy atom. The van der Waals surface area contributed by atoms with E-state index in [2.05, 4.69) is 31.4 Å². The highest BCUT2D eigenvalue weighted by Crippen LogP contribution is 2.35. The number of rotatable bonds is 4. The minimum absolute atomic E-state index is 0.258. The van der Waals surface area contributed by atoms with Crippen LogP contribution in [-0.4, -0.2) is 30.3 Å².